The maximum absolute atomic E-state index is 12.4. The van der Waals surface area contributed by atoms with Crippen molar-refractivity contribution in [3.63, 3.8) is 0 Å². The summed E-state index contributed by atoms with van der Waals surface area (Å²) in [4.78, 5) is 0.228. The fourth-order valence-corrected chi connectivity index (χ4v) is 2.70. The van der Waals surface area contributed by atoms with Crippen molar-refractivity contribution in [3.8, 4) is 5.75 Å². The summed E-state index contributed by atoms with van der Waals surface area (Å²) in [6.45, 7) is 8.42. The third-order valence-electron chi connectivity index (χ3n) is 2.87. The van der Waals surface area contributed by atoms with Gasteiger partial charge < -0.3 is 4.74 Å². The molecule has 0 saturated heterocycles. The SMILES string of the molecule is CCOc1ccc(C(C)(C)C)cc1S(=O)(=O)N(C)C. The maximum Gasteiger partial charge on any atom is 0.246 e. The van der Waals surface area contributed by atoms with E-state index in [4.69, 9.17) is 4.74 Å². The Balaban J connectivity index is 3.49. The van der Waals surface area contributed by atoms with Crippen LogP contribution in [0.4, 0.5) is 0 Å². The van der Waals surface area contributed by atoms with Crippen LogP contribution in [-0.2, 0) is 15.4 Å². The molecule has 1 aromatic rings. The van der Waals surface area contributed by atoms with Gasteiger partial charge in [-0.25, -0.2) is 12.7 Å². The summed E-state index contributed by atoms with van der Waals surface area (Å²) in [5.41, 5.74) is 0.859. The van der Waals surface area contributed by atoms with Crippen molar-refractivity contribution >= 4 is 10.0 Å². The zero-order valence-electron chi connectivity index (χ0n) is 12.5. The zero-order chi connectivity index (χ0) is 14.8. The number of sulfonamides is 1. The molecule has 1 aromatic carbocycles. The van der Waals surface area contributed by atoms with Crippen molar-refractivity contribution in [1.29, 1.82) is 0 Å². The third kappa shape index (κ3) is 3.48. The van der Waals surface area contributed by atoms with Crippen molar-refractivity contribution in [2.75, 3.05) is 20.7 Å². The monoisotopic (exact) mass is 285 g/mol. The zero-order valence-corrected chi connectivity index (χ0v) is 13.3. The van der Waals surface area contributed by atoms with Gasteiger partial charge in [-0.05, 0) is 30.0 Å². The summed E-state index contributed by atoms with van der Waals surface area (Å²) in [5, 5.41) is 0. The molecule has 0 aliphatic heterocycles. The molecule has 19 heavy (non-hydrogen) atoms. The molecular weight excluding hydrogens is 262 g/mol. The Hall–Kier alpha value is -1.07. The van der Waals surface area contributed by atoms with E-state index in [1.165, 1.54) is 18.4 Å². The molecule has 0 radical (unpaired) electrons. The van der Waals surface area contributed by atoms with Crippen LogP contribution in [0.25, 0.3) is 0 Å². The number of hydrogen-bond donors (Lipinski definition) is 0. The summed E-state index contributed by atoms with van der Waals surface area (Å²) in [6, 6.07) is 5.36. The molecule has 0 heterocycles. The number of rotatable bonds is 4. The lowest BCUT2D eigenvalue weighted by Gasteiger charge is -2.22. The number of hydrogen-bond acceptors (Lipinski definition) is 3. The summed E-state index contributed by atoms with van der Waals surface area (Å²) in [7, 11) is -0.459. The van der Waals surface area contributed by atoms with Gasteiger partial charge in [-0.15, -0.1) is 0 Å². The molecule has 0 bridgehead atoms. The highest BCUT2D eigenvalue weighted by atomic mass is 32.2. The molecule has 0 fully saturated rings. The smallest absolute Gasteiger partial charge is 0.246 e. The minimum Gasteiger partial charge on any atom is -0.492 e. The molecule has 0 spiro atoms. The van der Waals surface area contributed by atoms with Gasteiger partial charge in [-0.3, -0.25) is 0 Å². The van der Waals surface area contributed by atoms with Crippen LogP contribution in [0.5, 0.6) is 5.75 Å². The third-order valence-corrected chi connectivity index (χ3v) is 4.70. The minimum absolute atomic E-state index is 0.110. The summed E-state index contributed by atoms with van der Waals surface area (Å²) in [5.74, 6) is 0.407. The standard InChI is InChI=1S/C14H23NO3S/c1-7-18-12-9-8-11(14(2,3)4)10-13(12)19(16,17)15(5)6/h8-10H,7H2,1-6H3. The van der Waals surface area contributed by atoms with E-state index in [1.807, 2.05) is 13.0 Å². The first-order valence-electron chi connectivity index (χ1n) is 6.30. The topological polar surface area (TPSA) is 46.6 Å². The van der Waals surface area contributed by atoms with Crippen LogP contribution < -0.4 is 4.74 Å². The second-order valence-corrected chi connectivity index (χ2v) is 7.75. The average molecular weight is 285 g/mol. The fourth-order valence-electron chi connectivity index (χ4n) is 1.65. The molecule has 0 aliphatic rings. The molecule has 5 heteroatoms. The lowest BCUT2D eigenvalue weighted by Crippen LogP contribution is -2.24. The minimum atomic E-state index is -3.50. The van der Waals surface area contributed by atoms with Crippen molar-refractivity contribution in [1.82, 2.24) is 4.31 Å². The van der Waals surface area contributed by atoms with Crippen molar-refractivity contribution in [2.24, 2.45) is 0 Å². The van der Waals surface area contributed by atoms with Gasteiger partial charge >= 0.3 is 0 Å². The van der Waals surface area contributed by atoms with Gasteiger partial charge in [-0.2, -0.15) is 0 Å². The van der Waals surface area contributed by atoms with Crippen LogP contribution in [0.3, 0.4) is 0 Å². The van der Waals surface area contributed by atoms with Crippen LogP contribution in [-0.4, -0.2) is 33.4 Å². The van der Waals surface area contributed by atoms with Gasteiger partial charge in [-0.1, -0.05) is 26.8 Å². The highest BCUT2D eigenvalue weighted by molar-refractivity contribution is 7.89. The Morgan fingerprint density at radius 2 is 1.79 bits per heavy atom. The largest absolute Gasteiger partial charge is 0.492 e. The Bertz CT molecular complexity index is 542. The Kier molecular flexibility index (Phi) is 4.63. The molecule has 108 valence electrons. The molecule has 0 N–H and O–H groups in total. The molecule has 0 saturated carbocycles. The van der Waals surface area contributed by atoms with E-state index in [9.17, 15) is 8.42 Å². The lowest BCUT2D eigenvalue weighted by molar-refractivity contribution is 0.329. The van der Waals surface area contributed by atoms with Crippen LogP contribution in [0.1, 0.15) is 33.3 Å². The summed E-state index contributed by atoms with van der Waals surface area (Å²) >= 11 is 0. The van der Waals surface area contributed by atoms with E-state index >= 15 is 0 Å². The predicted octanol–water partition coefficient (Wildman–Crippen LogP) is 2.63. The predicted molar refractivity (Wildman–Crippen MR) is 77.2 cm³/mol. The lowest BCUT2D eigenvalue weighted by atomic mass is 9.87. The Morgan fingerprint density at radius 3 is 2.21 bits per heavy atom. The molecular formula is C14H23NO3S. The second kappa shape index (κ2) is 5.51. The van der Waals surface area contributed by atoms with Gasteiger partial charge in [0.15, 0.2) is 0 Å². The fraction of sp³-hybridized carbons (Fsp3) is 0.571. The molecule has 0 unspecified atom stereocenters. The van der Waals surface area contributed by atoms with Crippen LogP contribution >= 0.6 is 0 Å². The first kappa shape index (κ1) is 16.0. The van der Waals surface area contributed by atoms with E-state index in [0.29, 0.717) is 12.4 Å². The van der Waals surface area contributed by atoms with Gasteiger partial charge in [0.05, 0.1) is 6.61 Å². The Labute approximate surface area is 116 Å². The number of nitrogens with zero attached hydrogens (tertiary/aromatic N) is 1. The molecule has 0 aromatic heterocycles. The molecule has 1 rings (SSSR count). The first-order chi connectivity index (χ1) is 8.60. The maximum atomic E-state index is 12.4. The van der Waals surface area contributed by atoms with E-state index in [2.05, 4.69) is 20.8 Å². The van der Waals surface area contributed by atoms with E-state index in [1.54, 1.807) is 12.1 Å². The summed E-state index contributed by atoms with van der Waals surface area (Å²) in [6.07, 6.45) is 0. The molecule has 0 atom stereocenters. The highest BCUT2D eigenvalue weighted by Crippen LogP contribution is 2.32. The van der Waals surface area contributed by atoms with Crippen molar-refractivity contribution in [3.05, 3.63) is 23.8 Å². The quantitative estimate of drug-likeness (QED) is 0.854. The van der Waals surface area contributed by atoms with Crippen LogP contribution in [0.15, 0.2) is 23.1 Å². The number of benzene rings is 1. The van der Waals surface area contributed by atoms with E-state index in [0.717, 1.165) is 5.56 Å². The van der Waals surface area contributed by atoms with Crippen LogP contribution in [0, 0.1) is 0 Å². The first-order valence-corrected chi connectivity index (χ1v) is 7.74. The number of ether oxygens (including phenoxy) is 1. The van der Waals surface area contributed by atoms with Gasteiger partial charge in [0.25, 0.3) is 0 Å². The normalized spacial score (nSPS) is 12.8. The van der Waals surface area contributed by atoms with Gasteiger partial charge in [0.2, 0.25) is 10.0 Å². The van der Waals surface area contributed by atoms with E-state index < -0.39 is 10.0 Å². The van der Waals surface area contributed by atoms with Gasteiger partial charge in [0.1, 0.15) is 10.6 Å². The Morgan fingerprint density at radius 1 is 1.21 bits per heavy atom. The van der Waals surface area contributed by atoms with E-state index in [-0.39, 0.29) is 10.3 Å². The van der Waals surface area contributed by atoms with Crippen molar-refractivity contribution in [2.45, 2.75) is 38.0 Å². The molecule has 0 aliphatic carbocycles. The highest BCUT2D eigenvalue weighted by Gasteiger charge is 2.25. The summed E-state index contributed by atoms with van der Waals surface area (Å²) < 4.78 is 31.3. The average Bonchev–Trinajstić information content (AvgIpc) is 2.28. The second-order valence-electron chi connectivity index (χ2n) is 5.63. The van der Waals surface area contributed by atoms with Gasteiger partial charge in [0, 0.05) is 14.1 Å². The van der Waals surface area contributed by atoms with Crippen LogP contribution in [0.2, 0.25) is 0 Å². The molecule has 4 nitrogen and oxygen atoms in total. The van der Waals surface area contributed by atoms with Crippen molar-refractivity contribution < 1.29 is 13.2 Å². The molecule has 0 amide bonds.